The Kier molecular flexibility index (Phi) is 5.53. The number of rotatable bonds is 4. The molecular weight excluding hydrogens is 402 g/mol. The first-order chi connectivity index (χ1) is 15.4. The van der Waals surface area contributed by atoms with Crippen molar-refractivity contribution >= 4 is 17.5 Å². The highest BCUT2D eigenvalue weighted by Gasteiger charge is 2.45. The zero-order valence-corrected chi connectivity index (χ0v) is 19.2. The highest BCUT2D eigenvalue weighted by atomic mass is 16.2. The summed E-state index contributed by atoms with van der Waals surface area (Å²) in [4.78, 5) is 31.4. The Bertz CT molecular complexity index is 1030. The molecular formula is C25H33N5O2. The second-order valence-corrected chi connectivity index (χ2v) is 9.96. The van der Waals surface area contributed by atoms with Crippen molar-refractivity contribution in [2.75, 3.05) is 44.2 Å². The summed E-state index contributed by atoms with van der Waals surface area (Å²) >= 11 is 0. The molecule has 1 aromatic heterocycles. The van der Waals surface area contributed by atoms with E-state index in [1.165, 1.54) is 60.5 Å². The third-order valence-corrected chi connectivity index (χ3v) is 7.54. The van der Waals surface area contributed by atoms with E-state index in [0.29, 0.717) is 5.56 Å². The average Bonchev–Trinajstić information content (AvgIpc) is 3.58. The molecule has 170 valence electrons. The molecule has 0 bridgehead atoms. The zero-order valence-electron chi connectivity index (χ0n) is 19.2. The molecule has 0 N–H and O–H groups in total. The highest BCUT2D eigenvalue weighted by Crippen LogP contribution is 2.40. The zero-order chi connectivity index (χ0) is 22.3. The van der Waals surface area contributed by atoms with Gasteiger partial charge in [-0.25, -0.2) is 4.79 Å². The molecule has 32 heavy (non-hydrogen) atoms. The Labute approximate surface area is 190 Å². The number of amides is 1. The number of hydrogen-bond acceptors (Lipinski definition) is 5. The van der Waals surface area contributed by atoms with Crippen molar-refractivity contribution in [3.8, 4) is 0 Å². The van der Waals surface area contributed by atoms with Crippen LogP contribution < -0.4 is 4.90 Å². The van der Waals surface area contributed by atoms with Gasteiger partial charge in [-0.05, 0) is 63.3 Å². The van der Waals surface area contributed by atoms with Crippen molar-refractivity contribution in [1.82, 2.24) is 19.6 Å². The minimum atomic E-state index is -0.124. The van der Waals surface area contributed by atoms with Crippen LogP contribution in [0.3, 0.4) is 0 Å². The van der Waals surface area contributed by atoms with Gasteiger partial charge in [0.05, 0.1) is 11.8 Å². The SMILES string of the molecule is CC(=O)c1cnn(C(=O)N2CCC3(CCN(Cc4ccc(C)c(N5CCCC5)c4)C3)C2)c1. The maximum absolute atomic E-state index is 12.9. The summed E-state index contributed by atoms with van der Waals surface area (Å²) in [5.41, 5.74) is 4.80. The van der Waals surface area contributed by atoms with Gasteiger partial charge in [-0.1, -0.05) is 12.1 Å². The van der Waals surface area contributed by atoms with Crippen LogP contribution in [0.1, 0.15) is 54.1 Å². The van der Waals surface area contributed by atoms with Gasteiger partial charge < -0.3 is 9.80 Å². The van der Waals surface area contributed by atoms with Crippen molar-refractivity contribution in [3.63, 3.8) is 0 Å². The van der Waals surface area contributed by atoms with Crippen molar-refractivity contribution in [3.05, 3.63) is 47.3 Å². The average molecular weight is 436 g/mol. The van der Waals surface area contributed by atoms with E-state index in [9.17, 15) is 9.59 Å². The lowest BCUT2D eigenvalue weighted by molar-refractivity contribution is 0.101. The molecule has 3 fully saturated rings. The third-order valence-electron chi connectivity index (χ3n) is 7.54. The quantitative estimate of drug-likeness (QED) is 0.687. The largest absolute Gasteiger partial charge is 0.371 e. The number of hydrogen-bond donors (Lipinski definition) is 0. The second kappa shape index (κ2) is 8.35. The van der Waals surface area contributed by atoms with E-state index in [0.717, 1.165) is 45.6 Å². The monoisotopic (exact) mass is 435 g/mol. The molecule has 1 aromatic carbocycles. The highest BCUT2D eigenvalue weighted by molar-refractivity contribution is 5.94. The van der Waals surface area contributed by atoms with E-state index < -0.39 is 0 Å². The molecule has 3 aliphatic heterocycles. The molecule has 1 unspecified atom stereocenters. The Morgan fingerprint density at radius 1 is 1.06 bits per heavy atom. The number of anilines is 1. The number of aromatic nitrogens is 2. The summed E-state index contributed by atoms with van der Waals surface area (Å²) in [6.45, 7) is 10.6. The van der Waals surface area contributed by atoms with Gasteiger partial charge in [0.25, 0.3) is 0 Å². The Morgan fingerprint density at radius 3 is 2.59 bits per heavy atom. The number of carbonyl (C=O) groups excluding carboxylic acids is 2. The third kappa shape index (κ3) is 4.06. The number of ketones is 1. The molecule has 0 saturated carbocycles. The summed E-state index contributed by atoms with van der Waals surface area (Å²) in [6, 6.07) is 6.81. The molecule has 0 radical (unpaired) electrons. The first-order valence-electron chi connectivity index (χ1n) is 11.8. The molecule has 3 aliphatic rings. The Hall–Kier alpha value is -2.67. The van der Waals surface area contributed by atoms with E-state index in [1.54, 1.807) is 6.20 Å². The Balaban J connectivity index is 1.21. The molecule has 5 rings (SSSR count). The predicted octanol–water partition coefficient (Wildman–Crippen LogP) is 3.56. The van der Waals surface area contributed by atoms with Gasteiger partial charge in [0, 0.05) is 56.6 Å². The smallest absolute Gasteiger partial charge is 0.344 e. The fourth-order valence-corrected chi connectivity index (χ4v) is 5.66. The van der Waals surface area contributed by atoms with E-state index >= 15 is 0 Å². The summed E-state index contributed by atoms with van der Waals surface area (Å²) in [5, 5.41) is 4.11. The molecule has 1 spiro atoms. The first-order valence-corrected chi connectivity index (χ1v) is 11.8. The van der Waals surface area contributed by atoms with Gasteiger partial charge >= 0.3 is 6.03 Å². The van der Waals surface area contributed by atoms with E-state index in [-0.39, 0.29) is 17.2 Å². The van der Waals surface area contributed by atoms with Crippen LogP contribution in [0.2, 0.25) is 0 Å². The van der Waals surface area contributed by atoms with Crippen molar-refractivity contribution in [2.45, 2.75) is 46.1 Å². The van der Waals surface area contributed by atoms with Gasteiger partial charge in [-0.15, -0.1) is 0 Å². The molecule has 0 aliphatic carbocycles. The molecule has 7 heteroatoms. The lowest BCUT2D eigenvalue weighted by Crippen LogP contribution is -2.36. The molecule has 1 atom stereocenters. The van der Waals surface area contributed by atoms with Crippen LogP contribution in [0, 0.1) is 12.3 Å². The van der Waals surface area contributed by atoms with Crippen molar-refractivity contribution < 1.29 is 9.59 Å². The van der Waals surface area contributed by atoms with E-state index in [2.05, 4.69) is 40.0 Å². The molecule has 4 heterocycles. The summed E-state index contributed by atoms with van der Waals surface area (Å²) in [6.07, 6.45) is 7.76. The maximum atomic E-state index is 12.9. The standard InChI is InChI=1S/C25H33N5O2/c1-19-5-6-21(13-23(19)28-9-3-4-10-28)15-27-11-7-25(17-27)8-12-29(18-25)24(32)30-16-22(14-26-30)20(2)31/h5-6,13-14,16H,3-4,7-12,15,17-18H2,1-2H3. The van der Waals surface area contributed by atoms with Gasteiger partial charge in [0.15, 0.2) is 5.78 Å². The first kappa shape index (κ1) is 21.2. The van der Waals surface area contributed by atoms with Gasteiger partial charge in [0.2, 0.25) is 0 Å². The minimum Gasteiger partial charge on any atom is -0.371 e. The molecule has 2 aromatic rings. The fourth-order valence-electron chi connectivity index (χ4n) is 5.66. The number of nitrogens with zero attached hydrogens (tertiary/aromatic N) is 5. The lowest BCUT2D eigenvalue weighted by Gasteiger charge is -2.25. The van der Waals surface area contributed by atoms with E-state index in [4.69, 9.17) is 0 Å². The maximum Gasteiger partial charge on any atom is 0.344 e. The summed E-state index contributed by atoms with van der Waals surface area (Å²) < 4.78 is 1.31. The van der Waals surface area contributed by atoms with Gasteiger partial charge in [-0.3, -0.25) is 9.69 Å². The van der Waals surface area contributed by atoms with Crippen LogP contribution in [0.15, 0.2) is 30.6 Å². The summed E-state index contributed by atoms with van der Waals surface area (Å²) in [5.74, 6) is -0.0719. The van der Waals surface area contributed by atoms with Crippen LogP contribution in [0.4, 0.5) is 10.5 Å². The van der Waals surface area contributed by atoms with E-state index in [1.807, 2.05) is 4.90 Å². The number of Topliss-reactive ketones (excluding diaryl/α,β-unsaturated/α-hetero) is 1. The Morgan fingerprint density at radius 2 is 1.84 bits per heavy atom. The van der Waals surface area contributed by atoms with Gasteiger partial charge in [0.1, 0.15) is 0 Å². The minimum absolute atomic E-state index is 0.0719. The molecule has 7 nitrogen and oxygen atoms in total. The predicted molar refractivity (Wildman–Crippen MR) is 124 cm³/mol. The molecule has 3 saturated heterocycles. The molecule has 1 amide bonds. The second-order valence-electron chi connectivity index (χ2n) is 9.96. The number of likely N-dealkylation sites (tertiary alicyclic amines) is 2. The van der Waals surface area contributed by atoms with Crippen LogP contribution in [-0.2, 0) is 6.54 Å². The lowest BCUT2D eigenvalue weighted by atomic mass is 9.86. The van der Waals surface area contributed by atoms with Crippen molar-refractivity contribution in [2.24, 2.45) is 5.41 Å². The van der Waals surface area contributed by atoms with Crippen LogP contribution in [-0.4, -0.2) is 70.7 Å². The number of carbonyl (C=O) groups is 2. The van der Waals surface area contributed by atoms with Crippen molar-refractivity contribution in [1.29, 1.82) is 0 Å². The van der Waals surface area contributed by atoms with Crippen LogP contribution in [0.25, 0.3) is 0 Å². The topological polar surface area (TPSA) is 61.7 Å². The number of benzene rings is 1. The number of aryl methyl sites for hydroxylation is 1. The van der Waals surface area contributed by atoms with Crippen LogP contribution >= 0.6 is 0 Å². The van der Waals surface area contributed by atoms with Crippen LogP contribution in [0.5, 0.6) is 0 Å². The fraction of sp³-hybridized carbons (Fsp3) is 0.560. The summed E-state index contributed by atoms with van der Waals surface area (Å²) in [7, 11) is 0. The van der Waals surface area contributed by atoms with Gasteiger partial charge in [-0.2, -0.15) is 9.78 Å². The normalized spacial score (nSPS) is 23.6.